The molecule has 4 nitrogen and oxygen atoms in total. The zero-order chi connectivity index (χ0) is 17.2. The van der Waals surface area contributed by atoms with E-state index in [0.717, 1.165) is 37.9 Å². The minimum atomic E-state index is -0.623. The van der Waals surface area contributed by atoms with Crippen molar-refractivity contribution in [2.24, 2.45) is 11.3 Å². The summed E-state index contributed by atoms with van der Waals surface area (Å²) >= 11 is 0. The van der Waals surface area contributed by atoms with Gasteiger partial charge in [0, 0.05) is 13.1 Å². The predicted octanol–water partition coefficient (Wildman–Crippen LogP) is 2.66. The average Bonchev–Trinajstić information content (AvgIpc) is 3.04. The van der Waals surface area contributed by atoms with Gasteiger partial charge in [0.05, 0.1) is 18.1 Å². The number of carbonyl (C=O) groups is 1. The molecule has 4 heteroatoms. The van der Waals surface area contributed by atoms with Crippen LogP contribution >= 0.6 is 0 Å². The number of fused-ring (bicyclic) bond motifs is 1. The summed E-state index contributed by atoms with van der Waals surface area (Å²) in [5.41, 5.74) is 1.82. The first-order chi connectivity index (χ1) is 11.6. The van der Waals surface area contributed by atoms with Gasteiger partial charge in [-0.1, -0.05) is 42.7 Å². The molecular formula is C20H30N2O2. The van der Waals surface area contributed by atoms with Crippen LogP contribution in [-0.2, 0) is 4.79 Å². The Kier molecular flexibility index (Phi) is 5.26. The second-order valence-electron chi connectivity index (χ2n) is 7.50. The third-order valence-corrected chi connectivity index (χ3v) is 5.99. The minimum Gasteiger partial charge on any atom is -0.387 e. The zero-order valence-electron chi connectivity index (χ0n) is 14.9. The van der Waals surface area contributed by atoms with Crippen LogP contribution < -0.4 is 5.32 Å². The van der Waals surface area contributed by atoms with Crippen molar-refractivity contribution in [1.82, 2.24) is 10.2 Å². The normalized spacial score (nSPS) is 27.5. The molecule has 1 saturated heterocycles. The van der Waals surface area contributed by atoms with Crippen molar-refractivity contribution in [2.75, 3.05) is 26.2 Å². The van der Waals surface area contributed by atoms with E-state index >= 15 is 0 Å². The Morgan fingerprint density at radius 3 is 2.83 bits per heavy atom. The van der Waals surface area contributed by atoms with Gasteiger partial charge >= 0.3 is 0 Å². The van der Waals surface area contributed by atoms with E-state index in [1.54, 1.807) is 0 Å². The molecule has 1 amide bonds. The molecule has 3 rings (SSSR count). The van der Waals surface area contributed by atoms with Gasteiger partial charge in [-0.2, -0.15) is 0 Å². The van der Waals surface area contributed by atoms with Crippen LogP contribution in [0.2, 0.25) is 0 Å². The Morgan fingerprint density at radius 2 is 2.12 bits per heavy atom. The first kappa shape index (κ1) is 17.4. The van der Waals surface area contributed by atoms with Crippen LogP contribution in [-0.4, -0.2) is 42.1 Å². The zero-order valence-corrected chi connectivity index (χ0v) is 14.9. The lowest BCUT2D eigenvalue weighted by atomic mass is 9.67. The molecule has 1 aromatic rings. The number of nitrogens with zero attached hydrogens (tertiary/aromatic N) is 1. The molecule has 1 heterocycles. The predicted molar refractivity (Wildman–Crippen MR) is 95.7 cm³/mol. The summed E-state index contributed by atoms with van der Waals surface area (Å²) in [5, 5.41) is 14.0. The molecule has 2 N–H and O–H groups in total. The van der Waals surface area contributed by atoms with Crippen LogP contribution in [0.1, 0.15) is 49.8 Å². The van der Waals surface area contributed by atoms with E-state index in [-0.39, 0.29) is 11.3 Å². The summed E-state index contributed by atoms with van der Waals surface area (Å²) in [6.07, 6.45) is 3.89. The molecule has 3 atom stereocenters. The quantitative estimate of drug-likeness (QED) is 0.873. The van der Waals surface area contributed by atoms with Crippen LogP contribution in [0.5, 0.6) is 0 Å². The van der Waals surface area contributed by atoms with Crippen molar-refractivity contribution >= 4 is 5.91 Å². The van der Waals surface area contributed by atoms with E-state index in [1.807, 2.05) is 43.0 Å². The van der Waals surface area contributed by atoms with Gasteiger partial charge in [0.15, 0.2) is 0 Å². The smallest absolute Gasteiger partial charge is 0.230 e. The molecule has 1 unspecified atom stereocenters. The Hall–Kier alpha value is -1.39. The van der Waals surface area contributed by atoms with Gasteiger partial charge in [-0.05, 0) is 44.7 Å². The van der Waals surface area contributed by atoms with Gasteiger partial charge in [-0.15, -0.1) is 0 Å². The fourth-order valence-electron chi connectivity index (χ4n) is 4.44. The summed E-state index contributed by atoms with van der Waals surface area (Å²) in [4.78, 5) is 15.2. The molecular weight excluding hydrogens is 300 g/mol. The first-order valence-electron chi connectivity index (χ1n) is 9.31. The number of benzene rings is 1. The van der Waals surface area contributed by atoms with E-state index in [0.29, 0.717) is 19.0 Å². The van der Waals surface area contributed by atoms with Gasteiger partial charge < -0.3 is 15.3 Å². The number of rotatable bonds is 5. The third-order valence-electron chi connectivity index (χ3n) is 5.99. The van der Waals surface area contributed by atoms with Crippen LogP contribution in [0.25, 0.3) is 0 Å². The van der Waals surface area contributed by atoms with Crippen LogP contribution in [0.3, 0.4) is 0 Å². The van der Waals surface area contributed by atoms with Crippen molar-refractivity contribution in [3.05, 3.63) is 35.4 Å². The maximum atomic E-state index is 13.3. The molecule has 1 saturated carbocycles. The second kappa shape index (κ2) is 7.24. The number of nitrogens with one attached hydrogen (secondary N) is 1. The highest BCUT2D eigenvalue weighted by Gasteiger charge is 2.51. The maximum Gasteiger partial charge on any atom is 0.230 e. The van der Waals surface area contributed by atoms with E-state index in [9.17, 15) is 9.90 Å². The summed E-state index contributed by atoms with van der Waals surface area (Å²) in [7, 11) is 0. The highest BCUT2D eigenvalue weighted by atomic mass is 16.3. The number of hydrogen-bond acceptors (Lipinski definition) is 3. The second-order valence-corrected chi connectivity index (χ2v) is 7.50. The van der Waals surface area contributed by atoms with Crippen LogP contribution in [0.4, 0.5) is 0 Å². The fraction of sp³-hybridized carbons (Fsp3) is 0.650. The third kappa shape index (κ3) is 3.22. The van der Waals surface area contributed by atoms with Gasteiger partial charge in [0.1, 0.15) is 0 Å². The van der Waals surface area contributed by atoms with Crippen molar-refractivity contribution < 1.29 is 9.90 Å². The summed E-state index contributed by atoms with van der Waals surface area (Å²) in [6.45, 7) is 6.84. The number of aliphatic hydroxyl groups excluding tert-OH is 1. The number of aliphatic hydroxyl groups is 1. The monoisotopic (exact) mass is 330 g/mol. The Balaban J connectivity index is 1.73. The van der Waals surface area contributed by atoms with E-state index in [2.05, 4.69) is 5.32 Å². The van der Waals surface area contributed by atoms with Gasteiger partial charge in [-0.3, -0.25) is 4.79 Å². The number of aryl methyl sites for hydroxylation is 1. The van der Waals surface area contributed by atoms with Crippen molar-refractivity contribution in [3.8, 4) is 0 Å². The first-order valence-corrected chi connectivity index (χ1v) is 9.31. The Morgan fingerprint density at radius 1 is 1.38 bits per heavy atom. The van der Waals surface area contributed by atoms with E-state index in [1.165, 1.54) is 12.0 Å². The maximum absolute atomic E-state index is 13.3. The lowest BCUT2D eigenvalue weighted by Gasteiger charge is -2.41. The molecule has 2 aliphatic rings. The van der Waals surface area contributed by atoms with Crippen molar-refractivity contribution in [3.63, 3.8) is 0 Å². The standard InChI is InChI=1S/C20H30N2O2/c1-3-22(13-18(23)16-9-7-15(2)8-10-16)19(24)20-11-5-4-6-17(20)12-21-14-20/h7-10,17-18,21,23H,3-6,11-14H2,1-2H3/t17-,18?,20+/m0/s1. The lowest BCUT2D eigenvalue weighted by molar-refractivity contribution is -0.146. The van der Waals surface area contributed by atoms with Crippen LogP contribution in [0.15, 0.2) is 24.3 Å². The number of hydrogen-bond donors (Lipinski definition) is 2. The summed E-state index contributed by atoms with van der Waals surface area (Å²) < 4.78 is 0. The van der Waals surface area contributed by atoms with E-state index < -0.39 is 6.10 Å². The summed E-state index contributed by atoms with van der Waals surface area (Å²) in [5.74, 6) is 0.704. The Labute approximate surface area is 145 Å². The fourth-order valence-corrected chi connectivity index (χ4v) is 4.44. The van der Waals surface area contributed by atoms with E-state index in [4.69, 9.17) is 0 Å². The highest BCUT2D eigenvalue weighted by Crippen LogP contribution is 2.45. The number of likely N-dealkylation sites (N-methyl/N-ethyl adjacent to an activating group) is 1. The lowest BCUT2D eigenvalue weighted by Crippen LogP contribution is -2.50. The molecule has 0 spiro atoms. The largest absolute Gasteiger partial charge is 0.387 e. The topological polar surface area (TPSA) is 52.6 Å². The van der Waals surface area contributed by atoms with Crippen molar-refractivity contribution in [1.29, 1.82) is 0 Å². The molecule has 1 aromatic carbocycles. The molecule has 0 bridgehead atoms. The van der Waals surface area contributed by atoms with Crippen molar-refractivity contribution in [2.45, 2.75) is 45.6 Å². The highest BCUT2D eigenvalue weighted by molar-refractivity contribution is 5.84. The molecule has 24 heavy (non-hydrogen) atoms. The average molecular weight is 330 g/mol. The SMILES string of the molecule is CCN(CC(O)c1ccc(C)cc1)C(=O)[C@@]12CCCC[C@H]1CNC2. The molecule has 0 radical (unpaired) electrons. The number of amides is 1. The number of carbonyl (C=O) groups excluding carboxylic acids is 1. The molecule has 1 aliphatic carbocycles. The molecule has 2 fully saturated rings. The van der Waals surface area contributed by atoms with Gasteiger partial charge in [-0.25, -0.2) is 0 Å². The van der Waals surface area contributed by atoms with Gasteiger partial charge in [0.2, 0.25) is 5.91 Å². The van der Waals surface area contributed by atoms with Gasteiger partial charge in [0.25, 0.3) is 0 Å². The summed E-state index contributed by atoms with van der Waals surface area (Å²) in [6, 6.07) is 7.93. The Bertz CT molecular complexity index is 572. The minimum absolute atomic E-state index is 0.235. The van der Waals surface area contributed by atoms with Crippen LogP contribution in [0, 0.1) is 18.3 Å². The molecule has 132 valence electrons. The molecule has 1 aliphatic heterocycles. The molecule has 0 aromatic heterocycles.